The molecule has 0 amide bonds. The van der Waals surface area contributed by atoms with Gasteiger partial charge in [-0.2, -0.15) is 0 Å². The van der Waals surface area contributed by atoms with Crippen molar-refractivity contribution < 1.29 is 13.2 Å². The number of hydrogen-bond donors (Lipinski definition) is 1. The van der Waals surface area contributed by atoms with Crippen LogP contribution in [-0.2, 0) is 14.8 Å². The maximum absolute atomic E-state index is 12.4. The SMILES string of the molecule is C[C@H](N=C1NS(=O)(=O)C(C)(C)C(C)(C)O1)c1ccccc1Cl. The number of aliphatic imine (C=N–C) groups is 1. The maximum Gasteiger partial charge on any atom is 0.299 e. The minimum absolute atomic E-state index is 0.00301. The first-order valence-electron chi connectivity index (χ1n) is 7.01. The summed E-state index contributed by atoms with van der Waals surface area (Å²) in [7, 11) is -3.59. The van der Waals surface area contributed by atoms with Crippen molar-refractivity contribution in [3.8, 4) is 0 Å². The van der Waals surface area contributed by atoms with Gasteiger partial charge in [-0.1, -0.05) is 29.8 Å². The molecule has 1 N–H and O–H groups in total. The van der Waals surface area contributed by atoms with Gasteiger partial charge in [0.05, 0.1) is 6.04 Å². The fraction of sp³-hybridized carbons (Fsp3) is 0.533. The van der Waals surface area contributed by atoms with E-state index in [1.807, 2.05) is 25.1 Å². The Kier molecular flexibility index (Phi) is 4.21. The number of ether oxygens (including phenoxy) is 1. The van der Waals surface area contributed by atoms with E-state index in [2.05, 4.69) is 9.71 Å². The second kappa shape index (κ2) is 5.42. The Labute approximate surface area is 136 Å². The molecule has 1 aliphatic heterocycles. The van der Waals surface area contributed by atoms with Crippen LogP contribution in [0.2, 0.25) is 5.02 Å². The van der Waals surface area contributed by atoms with E-state index >= 15 is 0 Å². The summed E-state index contributed by atoms with van der Waals surface area (Å²) in [5, 5.41) is 0.581. The van der Waals surface area contributed by atoms with E-state index in [9.17, 15) is 8.42 Å². The van der Waals surface area contributed by atoms with E-state index in [1.165, 1.54) is 0 Å². The van der Waals surface area contributed by atoms with Crippen LogP contribution in [0.25, 0.3) is 0 Å². The molecule has 0 saturated carbocycles. The predicted octanol–water partition coefficient (Wildman–Crippen LogP) is 3.26. The lowest BCUT2D eigenvalue weighted by atomic mass is 9.93. The van der Waals surface area contributed by atoms with Gasteiger partial charge in [-0.05, 0) is 46.2 Å². The zero-order valence-corrected chi connectivity index (χ0v) is 14.9. The van der Waals surface area contributed by atoms with E-state index in [0.29, 0.717) is 5.02 Å². The highest BCUT2D eigenvalue weighted by Crippen LogP contribution is 2.36. The van der Waals surface area contributed by atoms with Gasteiger partial charge < -0.3 is 4.74 Å². The zero-order chi connectivity index (χ0) is 16.8. The molecular formula is C15H21ClN2O3S. The minimum Gasteiger partial charge on any atom is -0.457 e. The van der Waals surface area contributed by atoms with Crippen LogP contribution >= 0.6 is 11.6 Å². The molecule has 5 nitrogen and oxygen atoms in total. The lowest BCUT2D eigenvalue weighted by Crippen LogP contribution is -2.64. The second-order valence-corrected chi connectivity index (χ2v) is 9.00. The average Bonchev–Trinajstić information content (AvgIpc) is 2.36. The standard InChI is InChI=1S/C15H21ClN2O3S/c1-10(11-8-6-7-9-12(11)16)17-13-18-22(19,20)15(4,5)14(2,3)21-13/h6-10H,1-5H3,(H,17,18)/t10-/m0/s1. The Morgan fingerprint density at radius 3 is 2.36 bits per heavy atom. The third-order valence-electron chi connectivity index (χ3n) is 4.36. The summed E-state index contributed by atoms with van der Waals surface area (Å²) in [5.74, 6) is 0. The molecule has 1 aromatic rings. The van der Waals surface area contributed by atoms with Crippen LogP contribution in [0.3, 0.4) is 0 Å². The molecule has 2 rings (SSSR count). The van der Waals surface area contributed by atoms with Gasteiger partial charge in [-0.3, -0.25) is 0 Å². The molecule has 1 atom stereocenters. The number of nitrogens with one attached hydrogen (secondary N) is 1. The molecule has 0 unspecified atom stereocenters. The molecule has 0 aliphatic carbocycles. The Bertz CT molecular complexity index is 711. The van der Waals surface area contributed by atoms with Gasteiger partial charge in [-0.25, -0.2) is 18.1 Å². The monoisotopic (exact) mass is 344 g/mol. The van der Waals surface area contributed by atoms with Gasteiger partial charge in [0, 0.05) is 5.02 Å². The highest BCUT2D eigenvalue weighted by atomic mass is 35.5. The van der Waals surface area contributed by atoms with Crippen molar-refractivity contribution in [2.24, 2.45) is 4.99 Å². The van der Waals surface area contributed by atoms with Crippen molar-refractivity contribution in [1.29, 1.82) is 0 Å². The van der Waals surface area contributed by atoms with Crippen LogP contribution in [0, 0.1) is 0 Å². The number of rotatable bonds is 2. The molecule has 1 fully saturated rings. The smallest absolute Gasteiger partial charge is 0.299 e. The topological polar surface area (TPSA) is 67.8 Å². The van der Waals surface area contributed by atoms with E-state index in [4.69, 9.17) is 16.3 Å². The molecule has 22 heavy (non-hydrogen) atoms. The molecule has 1 aliphatic rings. The van der Waals surface area contributed by atoms with Crippen molar-refractivity contribution in [2.75, 3.05) is 0 Å². The molecule has 7 heteroatoms. The third kappa shape index (κ3) is 2.82. The van der Waals surface area contributed by atoms with Crippen LogP contribution in [-0.4, -0.2) is 24.8 Å². The van der Waals surface area contributed by atoms with Crippen molar-refractivity contribution >= 4 is 27.6 Å². The van der Waals surface area contributed by atoms with Gasteiger partial charge in [0.15, 0.2) is 0 Å². The third-order valence-corrected chi connectivity index (χ3v) is 6.98. The lowest BCUT2D eigenvalue weighted by Gasteiger charge is -2.44. The summed E-state index contributed by atoms with van der Waals surface area (Å²) in [6.45, 7) is 8.56. The first-order valence-corrected chi connectivity index (χ1v) is 8.88. The second-order valence-electron chi connectivity index (χ2n) is 6.36. The number of amidine groups is 1. The number of hydrogen-bond acceptors (Lipinski definition) is 4. The van der Waals surface area contributed by atoms with Crippen LogP contribution in [0.1, 0.15) is 46.2 Å². The zero-order valence-electron chi connectivity index (χ0n) is 13.3. The van der Waals surface area contributed by atoms with Gasteiger partial charge in [0.2, 0.25) is 10.0 Å². The maximum atomic E-state index is 12.4. The van der Waals surface area contributed by atoms with E-state index in [1.54, 1.807) is 33.8 Å². The first kappa shape index (κ1) is 17.1. The highest BCUT2D eigenvalue weighted by molar-refractivity contribution is 7.91. The Balaban J connectivity index is 2.37. The van der Waals surface area contributed by atoms with Crippen molar-refractivity contribution in [3.63, 3.8) is 0 Å². The summed E-state index contributed by atoms with van der Waals surface area (Å²) in [6.07, 6.45) is 0. The quantitative estimate of drug-likeness (QED) is 0.895. The molecule has 1 aromatic carbocycles. The normalized spacial score (nSPS) is 25.1. The summed E-state index contributed by atoms with van der Waals surface area (Å²) < 4.78 is 31.9. The molecule has 0 bridgehead atoms. The molecule has 1 heterocycles. The molecule has 0 radical (unpaired) electrons. The summed E-state index contributed by atoms with van der Waals surface area (Å²) in [5.41, 5.74) is -0.0991. The van der Waals surface area contributed by atoms with Gasteiger partial charge in [0.25, 0.3) is 6.02 Å². The lowest BCUT2D eigenvalue weighted by molar-refractivity contribution is 0.0465. The van der Waals surface area contributed by atoms with Crippen LogP contribution in [0.15, 0.2) is 29.3 Å². The van der Waals surface area contributed by atoms with Gasteiger partial charge in [0.1, 0.15) is 10.3 Å². The van der Waals surface area contributed by atoms with Crippen LogP contribution in [0.4, 0.5) is 0 Å². The molecule has 0 spiro atoms. The van der Waals surface area contributed by atoms with Crippen LogP contribution < -0.4 is 4.72 Å². The number of halogens is 1. The van der Waals surface area contributed by atoms with Gasteiger partial charge >= 0.3 is 0 Å². The summed E-state index contributed by atoms with van der Waals surface area (Å²) >= 11 is 6.15. The predicted molar refractivity (Wildman–Crippen MR) is 88.6 cm³/mol. The van der Waals surface area contributed by atoms with Crippen molar-refractivity contribution in [2.45, 2.75) is 51.0 Å². The average molecular weight is 345 g/mol. The Hall–Kier alpha value is -1.27. The summed E-state index contributed by atoms with van der Waals surface area (Å²) in [4.78, 5) is 4.34. The Morgan fingerprint density at radius 1 is 1.23 bits per heavy atom. The molecular weight excluding hydrogens is 324 g/mol. The first-order chi connectivity index (χ1) is 9.98. The fourth-order valence-electron chi connectivity index (χ4n) is 2.06. The Morgan fingerprint density at radius 2 is 1.82 bits per heavy atom. The molecule has 1 saturated heterocycles. The number of sulfonamides is 1. The molecule has 0 aromatic heterocycles. The van der Waals surface area contributed by atoms with Gasteiger partial charge in [-0.15, -0.1) is 0 Å². The van der Waals surface area contributed by atoms with E-state index in [-0.39, 0.29) is 12.1 Å². The van der Waals surface area contributed by atoms with Crippen molar-refractivity contribution in [1.82, 2.24) is 4.72 Å². The minimum atomic E-state index is -3.59. The van der Waals surface area contributed by atoms with E-state index < -0.39 is 20.4 Å². The largest absolute Gasteiger partial charge is 0.457 e. The van der Waals surface area contributed by atoms with Crippen molar-refractivity contribution in [3.05, 3.63) is 34.9 Å². The molecule has 122 valence electrons. The fourth-order valence-corrected chi connectivity index (χ4v) is 3.63. The van der Waals surface area contributed by atoms with Crippen LogP contribution in [0.5, 0.6) is 0 Å². The number of nitrogens with zero attached hydrogens (tertiary/aromatic N) is 1. The number of benzene rings is 1. The van der Waals surface area contributed by atoms with E-state index in [0.717, 1.165) is 5.56 Å². The highest BCUT2D eigenvalue weighted by Gasteiger charge is 2.54. The summed E-state index contributed by atoms with van der Waals surface area (Å²) in [6, 6.07) is 6.98.